The molecule has 0 unspecified atom stereocenters. The number of imide groups is 2. The van der Waals surface area contributed by atoms with E-state index in [0.29, 0.717) is 5.56 Å². The minimum Gasteiger partial charge on any atom is -0.495 e. The third-order valence-electron chi connectivity index (χ3n) is 4.21. The van der Waals surface area contributed by atoms with Crippen molar-refractivity contribution in [3.8, 4) is 11.5 Å². The van der Waals surface area contributed by atoms with Gasteiger partial charge >= 0.3 is 6.03 Å². The predicted molar refractivity (Wildman–Crippen MR) is 107 cm³/mol. The van der Waals surface area contributed by atoms with E-state index in [2.05, 4.69) is 5.32 Å². The van der Waals surface area contributed by atoms with Crippen LogP contribution >= 0.6 is 11.6 Å². The molecule has 1 aliphatic heterocycles. The van der Waals surface area contributed by atoms with Crippen LogP contribution in [0, 0.1) is 10.1 Å². The number of ether oxygens (including phenoxy) is 2. The first-order valence-electron chi connectivity index (χ1n) is 8.34. The van der Waals surface area contributed by atoms with Gasteiger partial charge in [-0.05, 0) is 23.8 Å². The van der Waals surface area contributed by atoms with Gasteiger partial charge in [-0.15, -0.1) is 0 Å². The maximum atomic E-state index is 13.0. The van der Waals surface area contributed by atoms with Crippen molar-refractivity contribution in [2.24, 2.45) is 0 Å². The van der Waals surface area contributed by atoms with E-state index in [1.54, 1.807) is 0 Å². The van der Waals surface area contributed by atoms with E-state index in [1.165, 1.54) is 56.7 Å². The molecule has 4 amide bonds. The third-order valence-corrected chi connectivity index (χ3v) is 4.51. The van der Waals surface area contributed by atoms with Crippen molar-refractivity contribution in [3.05, 3.63) is 62.7 Å². The second-order valence-corrected chi connectivity index (χ2v) is 6.37. The molecule has 3 rings (SSSR count). The number of nitro benzene ring substituents is 1. The van der Waals surface area contributed by atoms with Crippen LogP contribution in [0.5, 0.6) is 11.5 Å². The second kappa shape index (κ2) is 8.21. The number of rotatable bonds is 5. The fraction of sp³-hybridized carbons (Fsp3) is 0.105. The number of methoxy groups -OCH3 is 2. The van der Waals surface area contributed by atoms with Crippen molar-refractivity contribution in [2.75, 3.05) is 19.1 Å². The molecular weight excluding hydrogens is 418 g/mol. The third kappa shape index (κ3) is 3.80. The van der Waals surface area contributed by atoms with Crippen molar-refractivity contribution in [2.45, 2.75) is 0 Å². The van der Waals surface area contributed by atoms with Crippen molar-refractivity contribution in [3.63, 3.8) is 0 Å². The fourth-order valence-corrected chi connectivity index (χ4v) is 2.99. The smallest absolute Gasteiger partial charge is 0.336 e. The Hall–Kier alpha value is -3.92. The van der Waals surface area contributed by atoms with Crippen molar-refractivity contribution in [1.29, 1.82) is 0 Å². The summed E-state index contributed by atoms with van der Waals surface area (Å²) in [5, 5.41) is 13.1. The van der Waals surface area contributed by atoms with Crippen LogP contribution in [-0.2, 0) is 9.59 Å². The number of barbiturate groups is 1. The van der Waals surface area contributed by atoms with Crippen molar-refractivity contribution < 1.29 is 28.8 Å². The maximum Gasteiger partial charge on any atom is 0.336 e. The van der Waals surface area contributed by atoms with Crippen molar-refractivity contribution >= 4 is 46.9 Å². The van der Waals surface area contributed by atoms with Gasteiger partial charge in [-0.25, -0.2) is 9.69 Å². The van der Waals surface area contributed by atoms with Crippen LogP contribution in [-0.4, -0.2) is 37.0 Å². The number of hydrogen-bond acceptors (Lipinski definition) is 7. The number of anilines is 1. The molecule has 0 spiro atoms. The first kappa shape index (κ1) is 20.8. The lowest BCUT2D eigenvalue weighted by atomic mass is 10.1. The van der Waals surface area contributed by atoms with Crippen LogP contribution in [0.4, 0.5) is 16.2 Å². The zero-order valence-corrected chi connectivity index (χ0v) is 16.4. The Morgan fingerprint density at radius 1 is 1.07 bits per heavy atom. The molecule has 1 aliphatic rings. The molecule has 1 saturated heterocycles. The number of benzene rings is 2. The number of nitrogens with one attached hydrogen (secondary N) is 1. The molecular formula is C19H14ClN3O7. The minimum absolute atomic E-state index is 0.0170. The summed E-state index contributed by atoms with van der Waals surface area (Å²) >= 11 is 6.06. The standard InChI is InChI=1S/C19H14ClN3O7/c1-29-15-9-14(16(30-2)8-13(15)20)22-18(25)12(17(24)21-19(22)26)7-10-3-5-11(6-4-10)23(27)28/h3-9H,1-2H3,(H,21,24,26)/b12-7+. The summed E-state index contributed by atoms with van der Waals surface area (Å²) < 4.78 is 10.3. The number of nitrogens with zero attached hydrogens (tertiary/aromatic N) is 2. The quantitative estimate of drug-likeness (QED) is 0.333. The van der Waals surface area contributed by atoms with E-state index >= 15 is 0 Å². The Kier molecular flexibility index (Phi) is 5.70. The topological polar surface area (TPSA) is 128 Å². The van der Waals surface area contributed by atoms with Crippen LogP contribution in [0.3, 0.4) is 0 Å². The van der Waals surface area contributed by atoms with Gasteiger partial charge in [0.15, 0.2) is 0 Å². The normalized spacial score (nSPS) is 15.2. The molecule has 1 N–H and O–H groups in total. The van der Waals surface area contributed by atoms with Crippen LogP contribution in [0.25, 0.3) is 6.08 Å². The SMILES string of the molecule is COc1cc(N2C(=O)NC(=O)/C(=C\c3ccc([N+](=O)[O-])cc3)C2=O)c(OC)cc1Cl. The van der Waals surface area contributed by atoms with E-state index in [9.17, 15) is 24.5 Å². The summed E-state index contributed by atoms with van der Waals surface area (Å²) in [6, 6.07) is 6.93. The molecule has 154 valence electrons. The molecule has 0 aliphatic carbocycles. The van der Waals surface area contributed by atoms with E-state index in [1.807, 2.05) is 0 Å². The molecule has 11 heteroatoms. The highest BCUT2D eigenvalue weighted by atomic mass is 35.5. The van der Waals surface area contributed by atoms with Gasteiger partial charge in [0.1, 0.15) is 17.1 Å². The Morgan fingerprint density at radius 3 is 2.27 bits per heavy atom. The summed E-state index contributed by atoms with van der Waals surface area (Å²) in [5.41, 5.74) is -0.122. The van der Waals surface area contributed by atoms with Gasteiger partial charge in [0.25, 0.3) is 17.5 Å². The second-order valence-electron chi connectivity index (χ2n) is 5.97. The van der Waals surface area contributed by atoms with Gasteiger partial charge in [-0.2, -0.15) is 0 Å². The molecule has 1 fully saturated rings. The molecule has 0 aromatic heterocycles. The van der Waals surface area contributed by atoms with Crippen LogP contribution in [0.1, 0.15) is 5.56 Å². The molecule has 30 heavy (non-hydrogen) atoms. The number of nitro groups is 1. The molecule has 0 atom stereocenters. The average Bonchev–Trinajstić information content (AvgIpc) is 2.71. The highest BCUT2D eigenvalue weighted by molar-refractivity contribution is 6.39. The average molecular weight is 432 g/mol. The summed E-state index contributed by atoms with van der Waals surface area (Å²) in [7, 11) is 2.69. The summed E-state index contributed by atoms with van der Waals surface area (Å²) in [6.07, 6.45) is 1.22. The monoisotopic (exact) mass is 431 g/mol. The van der Waals surface area contributed by atoms with Gasteiger partial charge in [-0.3, -0.25) is 25.0 Å². The Morgan fingerprint density at radius 2 is 1.70 bits per heavy atom. The Bertz CT molecular complexity index is 1100. The lowest BCUT2D eigenvalue weighted by Crippen LogP contribution is -2.54. The van der Waals surface area contributed by atoms with Gasteiger partial charge in [0.05, 0.1) is 29.9 Å². The van der Waals surface area contributed by atoms with Gasteiger partial charge in [0, 0.05) is 24.3 Å². The van der Waals surface area contributed by atoms with Crippen molar-refractivity contribution in [1.82, 2.24) is 5.32 Å². The van der Waals surface area contributed by atoms with Crippen LogP contribution in [0.15, 0.2) is 42.0 Å². The number of amides is 4. The molecule has 1 heterocycles. The zero-order valence-electron chi connectivity index (χ0n) is 15.7. The lowest BCUT2D eigenvalue weighted by Gasteiger charge is -2.28. The highest BCUT2D eigenvalue weighted by Gasteiger charge is 2.38. The summed E-state index contributed by atoms with van der Waals surface area (Å²) in [5.74, 6) is -1.52. The highest BCUT2D eigenvalue weighted by Crippen LogP contribution is 2.39. The van der Waals surface area contributed by atoms with E-state index in [0.717, 1.165) is 4.90 Å². The number of non-ortho nitro benzene ring substituents is 1. The predicted octanol–water partition coefficient (Wildman–Crippen LogP) is 2.93. The number of carbonyl (C=O) groups is 3. The largest absolute Gasteiger partial charge is 0.495 e. The Balaban J connectivity index is 2.06. The van der Waals surface area contributed by atoms with Gasteiger partial charge in [0.2, 0.25) is 0 Å². The van der Waals surface area contributed by atoms with E-state index < -0.39 is 22.8 Å². The molecule has 2 aromatic carbocycles. The molecule has 0 radical (unpaired) electrons. The zero-order chi connectivity index (χ0) is 22.0. The molecule has 10 nitrogen and oxygen atoms in total. The minimum atomic E-state index is -0.978. The number of hydrogen-bond donors (Lipinski definition) is 1. The molecule has 0 saturated carbocycles. The van der Waals surface area contributed by atoms with E-state index in [4.69, 9.17) is 21.1 Å². The number of carbonyl (C=O) groups excluding carboxylic acids is 3. The molecule has 2 aromatic rings. The van der Waals surface area contributed by atoms with Crippen LogP contribution < -0.4 is 19.7 Å². The fourth-order valence-electron chi connectivity index (χ4n) is 2.75. The molecule has 0 bridgehead atoms. The van der Waals surface area contributed by atoms with E-state index in [-0.39, 0.29) is 33.5 Å². The first-order chi connectivity index (χ1) is 14.3. The van der Waals surface area contributed by atoms with Crippen LogP contribution in [0.2, 0.25) is 5.02 Å². The summed E-state index contributed by atoms with van der Waals surface area (Å²) in [4.78, 5) is 48.6. The lowest BCUT2D eigenvalue weighted by molar-refractivity contribution is -0.384. The maximum absolute atomic E-state index is 13.0. The number of urea groups is 1. The Labute approximate surface area is 174 Å². The first-order valence-corrected chi connectivity index (χ1v) is 8.72. The number of halogens is 1. The summed E-state index contributed by atoms with van der Waals surface area (Å²) in [6.45, 7) is 0. The van der Waals surface area contributed by atoms with Gasteiger partial charge < -0.3 is 9.47 Å². The van der Waals surface area contributed by atoms with Gasteiger partial charge in [-0.1, -0.05) is 11.6 Å².